The van der Waals surface area contributed by atoms with Crippen LogP contribution in [0.3, 0.4) is 0 Å². The van der Waals surface area contributed by atoms with Crippen LogP contribution in [0.15, 0.2) is 54.6 Å². The Labute approximate surface area is 206 Å². The van der Waals surface area contributed by atoms with Gasteiger partial charge in [-0.05, 0) is 54.2 Å². The molecule has 3 rings (SSSR count). The van der Waals surface area contributed by atoms with Gasteiger partial charge in [-0.2, -0.15) is 0 Å². The summed E-state index contributed by atoms with van der Waals surface area (Å²) in [4.78, 5) is 28.5. The molecule has 0 spiro atoms. The fourth-order valence-corrected chi connectivity index (χ4v) is 4.83. The first-order valence-electron chi connectivity index (χ1n) is 13.0. The smallest absolute Gasteiger partial charge is 0.243 e. The summed E-state index contributed by atoms with van der Waals surface area (Å²) in [5.74, 6) is 0.0644. The van der Waals surface area contributed by atoms with Crippen molar-refractivity contribution in [3.63, 3.8) is 0 Å². The van der Waals surface area contributed by atoms with E-state index in [0.29, 0.717) is 25.8 Å². The molecular weight excluding hydrogens is 420 g/mol. The van der Waals surface area contributed by atoms with Crippen molar-refractivity contribution in [3.05, 3.63) is 71.3 Å². The molecule has 1 fully saturated rings. The van der Waals surface area contributed by atoms with E-state index in [2.05, 4.69) is 62.5 Å². The highest BCUT2D eigenvalue weighted by atomic mass is 16.2. The van der Waals surface area contributed by atoms with Gasteiger partial charge in [0.05, 0.1) is 0 Å². The number of carbonyl (C=O) groups is 2. The van der Waals surface area contributed by atoms with Crippen molar-refractivity contribution >= 4 is 11.8 Å². The molecule has 1 saturated carbocycles. The zero-order chi connectivity index (χ0) is 24.6. The van der Waals surface area contributed by atoms with Crippen LogP contribution >= 0.6 is 0 Å². The lowest BCUT2D eigenvalue weighted by atomic mass is 9.86. The Kier molecular flexibility index (Phi) is 9.32. The third kappa shape index (κ3) is 7.44. The molecule has 0 heterocycles. The van der Waals surface area contributed by atoms with Crippen LogP contribution < -0.4 is 5.32 Å². The summed E-state index contributed by atoms with van der Waals surface area (Å²) in [5, 5.41) is 3.22. The summed E-state index contributed by atoms with van der Waals surface area (Å²) in [6, 6.07) is 18.6. The second kappa shape index (κ2) is 12.2. The molecule has 2 aromatic carbocycles. The Hall–Kier alpha value is -2.62. The second-order valence-corrected chi connectivity index (χ2v) is 10.7. The van der Waals surface area contributed by atoms with Crippen molar-refractivity contribution in [3.8, 4) is 0 Å². The molecule has 4 nitrogen and oxygen atoms in total. The van der Waals surface area contributed by atoms with E-state index in [1.54, 1.807) is 0 Å². The maximum Gasteiger partial charge on any atom is 0.243 e. The summed E-state index contributed by atoms with van der Waals surface area (Å²) < 4.78 is 0. The van der Waals surface area contributed by atoms with Crippen LogP contribution in [-0.2, 0) is 27.8 Å². The highest BCUT2D eigenvalue weighted by Crippen LogP contribution is 2.23. The van der Waals surface area contributed by atoms with Crippen molar-refractivity contribution in [2.75, 3.05) is 6.54 Å². The SMILES string of the molecule is CCC(C(=O)NC1CCCC1)N(CCc1ccccc1)C(=O)CCc1ccc(C(C)(C)C)cc1. The monoisotopic (exact) mass is 462 g/mol. The third-order valence-corrected chi connectivity index (χ3v) is 7.02. The van der Waals surface area contributed by atoms with Crippen molar-refractivity contribution in [2.45, 2.75) is 96.6 Å². The Morgan fingerprint density at radius 1 is 0.941 bits per heavy atom. The number of amides is 2. The highest BCUT2D eigenvalue weighted by Gasteiger charge is 2.30. The van der Waals surface area contributed by atoms with Gasteiger partial charge in [0.25, 0.3) is 0 Å². The molecule has 4 heteroatoms. The van der Waals surface area contributed by atoms with Crippen molar-refractivity contribution in [2.24, 2.45) is 0 Å². The first-order chi connectivity index (χ1) is 16.3. The molecular formula is C30H42N2O2. The molecule has 1 N–H and O–H groups in total. The highest BCUT2D eigenvalue weighted by molar-refractivity contribution is 5.88. The van der Waals surface area contributed by atoms with Crippen LogP contribution in [0.25, 0.3) is 0 Å². The molecule has 2 aromatic rings. The summed E-state index contributed by atoms with van der Waals surface area (Å²) in [5.41, 5.74) is 3.75. The van der Waals surface area contributed by atoms with Crippen LogP contribution in [0.2, 0.25) is 0 Å². The van der Waals surface area contributed by atoms with Gasteiger partial charge >= 0.3 is 0 Å². The van der Waals surface area contributed by atoms with Crippen LogP contribution in [-0.4, -0.2) is 35.3 Å². The molecule has 1 atom stereocenters. The molecule has 1 aliphatic rings. The molecule has 184 valence electrons. The standard InChI is InChI=1S/C30H42N2O2/c1-5-27(29(34)31-26-13-9-10-14-26)32(22-21-23-11-7-6-8-12-23)28(33)20-17-24-15-18-25(19-16-24)30(2,3)4/h6-8,11-12,15-16,18-19,26-27H,5,9-10,13-14,17,20-22H2,1-4H3,(H,31,34). The largest absolute Gasteiger partial charge is 0.352 e. The maximum atomic E-state index is 13.5. The average Bonchev–Trinajstić information content (AvgIpc) is 3.33. The summed E-state index contributed by atoms with van der Waals surface area (Å²) >= 11 is 0. The van der Waals surface area contributed by atoms with Gasteiger partial charge in [0.1, 0.15) is 6.04 Å². The van der Waals surface area contributed by atoms with Gasteiger partial charge in [-0.3, -0.25) is 9.59 Å². The quantitative estimate of drug-likeness (QED) is 0.483. The minimum atomic E-state index is -0.417. The van der Waals surface area contributed by atoms with Crippen molar-refractivity contribution < 1.29 is 9.59 Å². The summed E-state index contributed by atoms with van der Waals surface area (Å²) in [6.07, 6.45) is 6.91. The zero-order valence-corrected chi connectivity index (χ0v) is 21.5. The molecule has 1 unspecified atom stereocenters. The van der Waals surface area contributed by atoms with Crippen LogP contribution in [0, 0.1) is 0 Å². The number of benzene rings is 2. The Morgan fingerprint density at radius 3 is 2.15 bits per heavy atom. The molecule has 0 aliphatic heterocycles. The first kappa shape index (κ1) is 26.0. The second-order valence-electron chi connectivity index (χ2n) is 10.7. The normalized spacial score (nSPS) is 15.2. The lowest BCUT2D eigenvalue weighted by Gasteiger charge is -2.31. The number of hydrogen-bond donors (Lipinski definition) is 1. The zero-order valence-electron chi connectivity index (χ0n) is 21.5. The van der Waals surface area contributed by atoms with E-state index in [0.717, 1.165) is 24.8 Å². The van der Waals surface area contributed by atoms with Crippen molar-refractivity contribution in [1.29, 1.82) is 0 Å². The number of nitrogens with one attached hydrogen (secondary N) is 1. The predicted molar refractivity (Wildman–Crippen MR) is 140 cm³/mol. The van der Waals surface area contributed by atoms with E-state index in [4.69, 9.17) is 0 Å². The van der Waals surface area contributed by atoms with Crippen LogP contribution in [0.4, 0.5) is 0 Å². The molecule has 1 aliphatic carbocycles. The number of nitrogens with zero attached hydrogens (tertiary/aromatic N) is 1. The Morgan fingerprint density at radius 2 is 1.56 bits per heavy atom. The Balaban J connectivity index is 1.68. The maximum absolute atomic E-state index is 13.5. The van der Waals surface area contributed by atoms with E-state index in [1.165, 1.54) is 24.0 Å². The van der Waals surface area contributed by atoms with Gasteiger partial charge in [0.2, 0.25) is 11.8 Å². The number of rotatable bonds is 10. The molecule has 34 heavy (non-hydrogen) atoms. The minimum absolute atomic E-state index is 0.00495. The predicted octanol–water partition coefficient (Wildman–Crippen LogP) is 5.83. The summed E-state index contributed by atoms with van der Waals surface area (Å²) in [6.45, 7) is 9.18. The summed E-state index contributed by atoms with van der Waals surface area (Å²) in [7, 11) is 0. The van der Waals surface area contributed by atoms with E-state index in [1.807, 2.05) is 30.0 Å². The third-order valence-electron chi connectivity index (χ3n) is 7.02. The topological polar surface area (TPSA) is 49.4 Å². The fourth-order valence-electron chi connectivity index (χ4n) is 4.83. The Bertz CT molecular complexity index is 909. The molecule has 0 saturated heterocycles. The van der Waals surface area contributed by atoms with E-state index >= 15 is 0 Å². The van der Waals surface area contributed by atoms with Crippen LogP contribution in [0.1, 0.15) is 82.9 Å². The lowest BCUT2D eigenvalue weighted by Crippen LogP contribution is -2.51. The van der Waals surface area contributed by atoms with E-state index in [-0.39, 0.29) is 23.3 Å². The van der Waals surface area contributed by atoms with E-state index in [9.17, 15) is 9.59 Å². The first-order valence-corrected chi connectivity index (χ1v) is 13.0. The van der Waals surface area contributed by atoms with Gasteiger partial charge in [-0.25, -0.2) is 0 Å². The molecule has 0 radical (unpaired) electrons. The number of hydrogen-bond acceptors (Lipinski definition) is 2. The average molecular weight is 463 g/mol. The number of aryl methyl sites for hydroxylation is 1. The van der Waals surface area contributed by atoms with Crippen molar-refractivity contribution in [1.82, 2.24) is 10.2 Å². The van der Waals surface area contributed by atoms with Gasteiger partial charge in [-0.1, -0.05) is 95.1 Å². The van der Waals surface area contributed by atoms with Gasteiger partial charge in [-0.15, -0.1) is 0 Å². The number of carbonyl (C=O) groups excluding carboxylic acids is 2. The molecule has 0 aromatic heterocycles. The van der Waals surface area contributed by atoms with E-state index < -0.39 is 6.04 Å². The fraction of sp³-hybridized carbons (Fsp3) is 0.533. The molecule has 0 bridgehead atoms. The van der Waals surface area contributed by atoms with Gasteiger partial charge in [0.15, 0.2) is 0 Å². The van der Waals surface area contributed by atoms with Gasteiger partial charge in [0, 0.05) is 19.0 Å². The molecule has 2 amide bonds. The minimum Gasteiger partial charge on any atom is -0.352 e. The van der Waals surface area contributed by atoms with Crippen LogP contribution in [0.5, 0.6) is 0 Å². The lowest BCUT2D eigenvalue weighted by molar-refractivity contribution is -0.141. The van der Waals surface area contributed by atoms with Gasteiger partial charge < -0.3 is 10.2 Å².